The van der Waals surface area contributed by atoms with E-state index in [0.29, 0.717) is 22.2 Å². The fourth-order valence-corrected chi connectivity index (χ4v) is 4.09. The van der Waals surface area contributed by atoms with Crippen LogP contribution in [0.1, 0.15) is 27.0 Å². The molecule has 0 saturated heterocycles. The molecule has 0 aliphatic heterocycles. The number of benzene rings is 3. The van der Waals surface area contributed by atoms with Gasteiger partial charge in [-0.1, -0.05) is 53.0 Å². The minimum Gasteiger partial charge on any atom is -0.506 e. The maximum Gasteiger partial charge on any atom is 0.271 e. The van der Waals surface area contributed by atoms with Crippen molar-refractivity contribution in [2.75, 3.05) is 0 Å². The van der Waals surface area contributed by atoms with Gasteiger partial charge in [0.05, 0.1) is 27.9 Å². The molecule has 33 heavy (non-hydrogen) atoms. The van der Waals surface area contributed by atoms with Crippen molar-refractivity contribution in [2.24, 2.45) is 5.10 Å². The molecule has 1 heterocycles. The summed E-state index contributed by atoms with van der Waals surface area (Å²) < 4.78 is 2.05. The number of nitrogens with zero attached hydrogens (tertiary/aromatic N) is 2. The molecule has 0 atom stereocenters. The standard InChI is InChI=1S/C24H18Cl3N3O3/c25-19-10-15(4-5-22(19)32)24(33)29-28-11-16-2-1-3-21-18(16)6-7-30(21)12-14-8-17(13-31)23(27)20(26)9-14/h1-11,31-32H,12-13H2,(H,29,33)/b28-11+. The zero-order chi connectivity index (χ0) is 23.5. The smallest absolute Gasteiger partial charge is 0.271 e. The van der Waals surface area contributed by atoms with Gasteiger partial charge in [-0.25, -0.2) is 5.43 Å². The summed E-state index contributed by atoms with van der Waals surface area (Å²) in [6, 6.07) is 15.5. The van der Waals surface area contributed by atoms with Gasteiger partial charge in [0.2, 0.25) is 0 Å². The molecule has 6 nitrogen and oxygen atoms in total. The number of carbonyl (C=O) groups is 1. The molecule has 0 saturated carbocycles. The summed E-state index contributed by atoms with van der Waals surface area (Å²) in [6.45, 7) is 0.341. The third-order valence-electron chi connectivity index (χ3n) is 5.11. The second-order valence-corrected chi connectivity index (χ2v) is 8.49. The predicted octanol–water partition coefficient (Wildman–Crippen LogP) is 5.61. The summed E-state index contributed by atoms with van der Waals surface area (Å²) in [5, 5.41) is 24.8. The number of carbonyl (C=O) groups excluding carboxylic acids is 1. The highest BCUT2D eigenvalue weighted by molar-refractivity contribution is 6.42. The largest absolute Gasteiger partial charge is 0.506 e. The van der Waals surface area contributed by atoms with Crippen LogP contribution in [-0.2, 0) is 13.2 Å². The molecule has 0 spiro atoms. The average Bonchev–Trinajstić information content (AvgIpc) is 3.21. The summed E-state index contributed by atoms with van der Waals surface area (Å²) in [5.74, 6) is -0.543. The zero-order valence-electron chi connectivity index (χ0n) is 17.1. The molecule has 1 amide bonds. The van der Waals surface area contributed by atoms with E-state index in [-0.39, 0.29) is 22.9 Å². The Bertz CT molecular complexity index is 1380. The van der Waals surface area contributed by atoms with Gasteiger partial charge in [0.25, 0.3) is 5.91 Å². The number of halogens is 3. The van der Waals surface area contributed by atoms with Crippen LogP contribution in [0.2, 0.25) is 15.1 Å². The van der Waals surface area contributed by atoms with Gasteiger partial charge in [0, 0.05) is 34.8 Å². The van der Waals surface area contributed by atoms with E-state index in [4.69, 9.17) is 34.8 Å². The van der Waals surface area contributed by atoms with Crippen molar-refractivity contribution in [3.8, 4) is 5.75 Å². The molecule has 4 aromatic rings. The highest BCUT2D eigenvalue weighted by Crippen LogP contribution is 2.29. The molecular formula is C24H18Cl3N3O3. The number of rotatable bonds is 6. The minimum atomic E-state index is -0.447. The first-order valence-corrected chi connectivity index (χ1v) is 11.0. The van der Waals surface area contributed by atoms with Crippen molar-refractivity contribution in [1.29, 1.82) is 0 Å². The van der Waals surface area contributed by atoms with Gasteiger partial charge in [-0.05, 0) is 47.5 Å². The number of hydrogen-bond donors (Lipinski definition) is 3. The Morgan fingerprint density at radius 2 is 1.88 bits per heavy atom. The molecule has 0 aliphatic carbocycles. The second kappa shape index (κ2) is 9.85. The number of aromatic nitrogens is 1. The number of hydrazone groups is 1. The highest BCUT2D eigenvalue weighted by Gasteiger charge is 2.10. The summed E-state index contributed by atoms with van der Waals surface area (Å²) in [4.78, 5) is 12.3. The normalized spacial score (nSPS) is 11.4. The topological polar surface area (TPSA) is 86.9 Å². The molecule has 1 aromatic heterocycles. The van der Waals surface area contributed by atoms with Gasteiger partial charge in [-0.15, -0.1) is 0 Å². The SMILES string of the molecule is O=C(N/N=C/c1cccc2c1ccn2Cc1cc(Cl)c(Cl)c(CO)c1)c1ccc(O)c(Cl)c1. The fraction of sp³-hybridized carbons (Fsp3) is 0.0833. The monoisotopic (exact) mass is 501 g/mol. The lowest BCUT2D eigenvalue weighted by molar-refractivity contribution is 0.0955. The van der Waals surface area contributed by atoms with Crippen LogP contribution in [-0.4, -0.2) is 26.9 Å². The van der Waals surface area contributed by atoms with Gasteiger partial charge in [-0.3, -0.25) is 4.79 Å². The number of phenolic OH excluding ortho intramolecular Hbond substituents is 1. The van der Waals surface area contributed by atoms with Crippen molar-refractivity contribution in [3.63, 3.8) is 0 Å². The molecule has 0 aliphatic rings. The number of nitrogens with one attached hydrogen (secondary N) is 1. The van der Waals surface area contributed by atoms with Gasteiger partial charge in [0.1, 0.15) is 5.75 Å². The number of amides is 1. The number of phenols is 1. The molecule has 168 valence electrons. The molecule has 0 bridgehead atoms. The Balaban J connectivity index is 1.54. The Morgan fingerprint density at radius 1 is 1.06 bits per heavy atom. The minimum absolute atomic E-state index is 0.0887. The zero-order valence-corrected chi connectivity index (χ0v) is 19.4. The van der Waals surface area contributed by atoms with Crippen LogP contribution in [0.25, 0.3) is 10.9 Å². The van der Waals surface area contributed by atoms with E-state index in [1.807, 2.05) is 41.1 Å². The van der Waals surface area contributed by atoms with Crippen molar-refractivity contribution in [1.82, 2.24) is 9.99 Å². The summed E-state index contributed by atoms with van der Waals surface area (Å²) in [7, 11) is 0. The van der Waals surface area contributed by atoms with Crippen molar-refractivity contribution in [3.05, 3.63) is 98.1 Å². The van der Waals surface area contributed by atoms with Crippen LogP contribution in [0.4, 0.5) is 0 Å². The second-order valence-electron chi connectivity index (χ2n) is 7.30. The van der Waals surface area contributed by atoms with E-state index < -0.39 is 5.91 Å². The quantitative estimate of drug-likeness (QED) is 0.236. The van der Waals surface area contributed by atoms with Crippen LogP contribution < -0.4 is 5.43 Å². The molecule has 0 unspecified atom stereocenters. The number of hydrogen-bond acceptors (Lipinski definition) is 4. The molecule has 0 radical (unpaired) electrons. The third-order valence-corrected chi connectivity index (χ3v) is 6.26. The van der Waals surface area contributed by atoms with Gasteiger partial charge >= 0.3 is 0 Å². The van der Waals surface area contributed by atoms with Crippen molar-refractivity contribution < 1.29 is 15.0 Å². The molecule has 9 heteroatoms. The Labute approximate surface area is 204 Å². The predicted molar refractivity (Wildman–Crippen MR) is 132 cm³/mol. The van der Waals surface area contributed by atoms with Gasteiger partial charge in [0.15, 0.2) is 0 Å². The lowest BCUT2D eigenvalue weighted by atomic mass is 10.1. The number of aromatic hydroxyl groups is 1. The van der Waals surface area contributed by atoms with E-state index in [0.717, 1.165) is 22.0 Å². The highest BCUT2D eigenvalue weighted by atomic mass is 35.5. The van der Waals surface area contributed by atoms with E-state index in [9.17, 15) is 15.0 Å². The molecule has 0 fully saturated rings. The van der Waals surface area contributed by atoms with Gasteiger partial charge < -0.3 is 14.8 Å². The Hall–Kier alpha value is -3.03. The van der Waals surface area contributed by atoms with Gasteiger partial charge in [-0.2, -0.15) is 5.10 Å². The number of fused-ring (bicyclic) bond motifs is 1. The lowest BCUT2D eigenvalue weighted by Gasteiger charge is -2.10. The lowest BCUT2D eigenvalue weighted by Crippen LogP contribution is -2.17. The first kappa shape index (κ1) is 23.1. The van der Waals surface area contributed by atoms with Crippen molar-refractivity contribution in [2.45, 2.75) is 13.2 Å². The first-order valence-electron chi connectivity index (χ1n) is 9.85. The van der Waals surface area contributed by atoms with E-state index in [1.165, 1.54) is 18.2 Å². The van der Waals surface area contributed by atoms with Crippen LogP contribution in [0.5, 0.6) is 5.75 Å². The third kappa shape index (κ3) is 4.99. The van der Waals surface area contributed by atoms with Crippen LogP contribution in [0.15, 0.2) is 65.9 Å². The summed E-state index contributed by atoms with van der Waals surface area (Å²) in [6.07, 6.45) is 3.51. The molecular weight excluding hydrogens is 485 g/mol. The molecule has 3 N–H and O–H groups in total. The Kier molecular flexibility index (Phi) is 6.91. The summed E-state index contributed by atoms with van der Waals surface area (Å²) in [5.41, 5.74) is 6.01. The fourth-order valence-electron chi connectivity index (χ4n) is 3.48. The van der Waals surface area contributed by atoms with E-state index >= 15 is 0 Å². The number of aliphatic hydroxyl groups excluding tert-OH is 1. The van der Waals surface area contributed by atoms with Crippen LogP contribution in [0, 0.1) is 0 Å². The van der Waals surface area contributed by atoms with E-state index in [1.54, 1.807) is 12.3 Å². The maximum absolute atomic E-state index is 12.3. The van der Waals surface area contributed by atoms with Crippen LogP contribution >= 0.6 is 34.8 Å². The molecule has 4 rings (SSSR count). The summed E-state index contributed by atoms with van der Waals surface area (Å²) >= 11 is 18.2. The maximum atomic E-state index is 12.3. The molecule has 3 aromatic carbocycles. The average molecular weight is 503 g/mol. The van der Waals surface area contributed by atoms with Crippen molar-refractivity contribution >= 4 is 57.8 Å². The van der Waals surface area contributed by atoms with E-state index in [2.05, 4.69) is 10.5 Å². The number of aliphatic hydroxyl groups is 1. The first-order chi connectivity index (χ1) is 15.9. The Morgan fingerprint density at radius 3 is 2.64 bits per heavy atom. The van der Waals surface area contributed by atoms with Crippen LogP contribution in [0.3, 0.4) is 0 Å².